The molecule has 1 fully saturated rings. The van der Waals surface area contributed by atoms with Gasteiger partial charge < -0.3 is 4.74 Å². The van der Waals surface area contributed by atoms with E-state index in [0.717, 1.165) is 54.1 Å². The molecule has 0 N–H and O–H groups in total. The van der Waals surface area contributed by atoms with Crippen molar-refractivity contribution in [2.24, 2.45) is 5.41 Å². The maximum absolute atomic E-state index is 11.9. The Kier molecular flexibility index (Phi) is 9.64. The quantitative estimate of drug-likeness (QED) is 0.363. The summed E-state index contributed by atoms with van der Waals surface area (Å²) in [7, 11) is 1.65. The molecule has 0 spiro atoms. The Morgan fingerprint density at radius 3 is 2.20 bits per heavy atom. The van der Waals surface area contributed by atoms with E-state index in [9.17, 15) is 4.79 Å². The van der Waals surface area contributed by atoms with Crippen LogP contribution < -0.4 is 4.74 Å². The molecule has 4 rings (SSSR count). The summed E-state index contributed by atoms with van der Waals surface area (Å²) in [6.07, 6.45) is 3.80. The van der Waals surface area contributed by atoms with Crippen molar-refractivity contribution < 1.29 is 9.53 Å². The van der Waals surface area contributed by atoms with Crippen LogP contribution in [0, 0.1) is 16.7 Å². The van der Waals surface area contributed by atoms with Crippen LogP contribution in [0.3, 0.4) is 0 Å². The summed E-state index contributed by atoms with van der Waals surface area (Å²) in [6, 6.07) is 27.4. The zero-order chi connectivity index (χ0) is 25.1. The van der Waals surface area contributed by atoms with Crippen molar-refractivity contribution >= 4 is 5.78 Å². The molecule has 182 valence electrons. The van der Waals surface area contributed by atoms with Crippen molar-refractivity contribution in [3.63, 3.8) is 0 Å². The van der Waals surface area contributed by atoms with Crippen molar-refractivity contribution in [2.75, 3.05) is 20.2 Å². The molecule has 1 heterocycles. The Balaban J connectivity index is 0.000000196. The molecule has 1 saturated heterocycles. The van der Waals surface area contributed by atoms with E-state index in [2.05, 4.69) is 30.9 Å². The van der Waals surface area contributed by atoms with Crippen molar-refractivity contribution in [1.29, 1.82) is 5.26 Å². The number of likely N-dealkylation sites (tertiary alicyclic amines) is 1. The Bertz CT molecular complexity index is 1100. The third-order valence-electron chi connectivity index (χ3n) is 6.64. The first kappa shape index (κ1) is 26.2. The van der Waals surface area contributed by atoms with Gasteiger partial charge in [-0.15, -0.1) is 0 Å². The molecule has 0 radical (unpaired) electrons. The van der Waals surface area contributed by atoms with Crippen LogP contribution >= 0.6 is 0 Å². The fourth-order valence-electron chi connectivity index (χ4n) is 4.14. The Morgan fingerprint density at radius 1 is 0.943 bits per heavy atom. The van der Waals surface area contributed by atoms with E-state index in [4.69, 9.17) is 10.00 Å². The summed E-state index contributed by atoms with van der Waals surface area (Å²) in [6.45, 7) is 7.89. The van der Waals surface area contributed by atoms with Crippen molar-refractivity contribution in [1.82, 2.24) is 4.90 Å². The van der Waals surface area contributed by atoms with E-state index in [1.54, 1.807) is 7.11 Å². The van der Waals surface area contributed by atoms with Gasteiger partial charge in [0.15, 0.2) is 5.78 Å². The largest absolute Gasteiger partial charge is 0.497 e. The minimum absolute atomic E-state index is 0.186. The first-order valence-corrected chi connectivity index (χ1v) is 12.3. The SMILES string of the molecule is CC1(C)CCN(Cc2ccccc2C#N)CC1.COc1ccc(CCC(=O)c2ccccc2)cc1. The monoisotopic (exact) mass is 468 g/mol. The maximum atomic E-state index is 11.9. The number of benzene rings is 3. The highest BCUT2D eigenvalue weighted by molar-refractivity contribution is 5.96. The van der Waals surface area contributed by atoms with Crippen LogP contribution in [-0.2, 0) is 13.0 Å². The molecule has 0 saturated carbocycles. The van der Waals surface area contributed by atoms with Gasteiger partial charge in [0, 0.05) is 18.5 Å². The lowest BCUT2D eigenvalue weighted by molar-refractivity contribution is 0.0983. The van der Waals surface area contributed by atoms with E-state index >= 15 is 0 Å². The number of aryl methyl sites for hydroxylation is 1. The molecular weight excluding hydrogens is 432 g/mol. The predicted octanol–water partition coefficient (Wildman–Crippen LogP) is 6.69. The van der Waals surface area contributed by atoms with Gasteiger partial charge in [-0.2, -0.15) is 5.26 Å². The average molecular weight is 469 g/mol. The highest BCUT2D eigenvalue weighted by Gasteiger charge is 2.25. The maximum Gasteiger partial charge on any atom is 0.163 e. The number of nitrogens with zero attached hydrogens (tertiary/aromatic N) is 2. The number of ketones is 1. The van der Waals surface area contributed by atoms with Crippen LogP contribution in [0.15, 0.2) is 78.9 Å². The second-order valence-electron chi connectivity index (χ2n) is 9.85. The molecular formula is C31H36N2O2. The summed E-state index contributed by atoms with van der Waals surface area (Å²) in [4.78, 5) is 14.4. The first-order valence-electron chi connectivity index (χ1n) is 12.3. The van der Waals surface area contributed by atoms with Crippen LogP contribution in [-0.4, -0.2) is 30.9 Å². The summed E-state index contributed by atoms with van der Waals surface area (Å²) < 4.78 is 5.10. The van der Waals surface area contributed by atoms with Crippen LogP contribution in [0.2, 0.25) is 0 Å². The lowest BCUT2D eigenvalue weighted by Gasteiger charge is -2.37. The number of hydrogen-bond acceptors (Lipinski definition) is 4. The molecule has 0 atom stereocenters. The number of carbonyl (C=O) groups is 1. The zero-order valence-corrected chi connectivity index (χ0v) is 21.2. The molecule has 0 bridgehead atoms. The van der Waals surface area contributed by atoms with Gasteiger partial charge in [0.1, 0.15) is 5.75 Å². The number of nitriles is 1. The molecule has 35 heavy (non-hydrogen) atoms. The normalized spacial score (nSPS) is 14.8. The molecule has 4 nitrogen and oxygen atoms in total. The fourth-order valence-corrected chi connectivity index (χ4v) is 4.14. The van der Waals surface area contributed by atoms with Gasteiger partial charge in [0.2, 0.25) is 0 Å². The summed E-state index contributed by atoms with van der Waals surface area (Å²) in [5.74, 6) is 1.03. The van der Waals surface area contributed by atoms with E-state index in [0.29, 0.717) is 11.8 Å². The number of ether oxygens (including phenoxy) is 1. The fraction of sp³-hybridized carbons (Fsp3) is 0.355. The second kappa shape index (κ2) is 12.9. The summed E-state index contributed by atoms with van der Waals surface area (Å²) >= 11 is 0. The van der Waals surface area contributed by atoms with Crippen molar-refractivity contribution in [3.8, 4) is 11.8 Å². The molecule has 0 aromatic heterocycles. The van der Waals surface area contributed by atoms with Crippen molar-refractivity contribution in [2.45, 2.75) is 46.1 Å². The van der Waals surface area contributed by atoms with Gasteiger partial charge in [0.05, 0.1) is 18.7 Å². The highest BCUT2D eigenvalue weighted by atomic mass is 16.5. The average Bonchev–Trinajstić information content (AvgIpc) is 2.90. The van der Waals surface area contributed by atoms with Gasteiger partial charge >= 0.3 is 0 Å². The molecule has 0 aliphatic carbocycles. The minimum atomic E-state index is 0.186. The zero-order valence-electron chi connectivity index (χ0n) is 21.2. The third kappa shape index (κ3) is 8.38. The smallest absolute Gasteiger partial charge is 0.163 e. The van der Waals surface area contributed by atoms with Gasteiger partial charge in [0.25, 0.3) is 0 Å². The summed E-state index contributed by atoms with van der Waals surface area (Å²) in [5.41, 5.74) is 4.41. The lowest BCUT2D eigenvalue weighted by atomic mass is 9.82. The molecule has 3 aromatic carbocycles. The molecule has 1 aliphatic heterocycles. The number of rotatable bonds is 7. The van der Waals surface area contributed by atoms with E-state index in [1.165, 1.54) is 12.8 Å². The van der Waals surface area contributed by atoms with Crippen LogP contribution in [0.5, 0.6) is 5.75 Å². The second-order valence-corrected chi connectivity index (χ2v) is 9.85. The topological polar surface area (TPSA) is 53.3 Å². The van der Waals surface area contributed by atoms with Crippen molar-refractivity contribution in [3.05, 3.63) is 101 Å². The van der Waals surface area contributed by atoms with Gasteiger partial charge in [-0.3, -0.25) is 9.69 Å². The number of methoxy groups -OCH3 is 1. The molecule has 1 aliphatic rings. The third-order valence-corrected chi connectivity index (χ3v) is 6.64. The van der Waals surface area contributed by atoms with Crippen LogP contribution in [0.4, 0.5) is 0 Å². The van der Waals surface area contributed by atoms with Crippen LogP contribution in [0.1, 0.15) is 60.2 Å². The molecule has 0 unspecified atom stereocenters. The highest BCUT2D eigenvalue weighted by Crippen LogP contribution is 2.30. The minimum Gasteiger partial charge on any atom is -0.497 e. The summed E-state index contributed by atoms with van der Waals surface area (Å²) in [5, 5.41) is 9.06. The van der Waals surface area contributed by atoms with E-state index in [-0.39, 0.29) is 5.78 Å². The van der Waals surface area contributed by atoms with Gasteiger partial charge in [-0.25, -0.2) is 0 Å². The predicted molar refractivity (Wildman–Crippen MR) is 142 cm³/mol. The Labute approximate surface area is 210 Å². The van der Waals surface area contributed by atoms with E-state index in [1.807, 2.05) is 72.8 Å². The number of Topliss-reactive ketones (excluding diaryl/α,β-unsaturated/α-hetero) is 1. The number of carbonyl (C=O) groups excluding carboxylic acids is 1. The van der Waals surface area contributed by atoms with Crippen LogP contribution in [0.25, 0.3) is 0 Å². The van der Waals surface area contributed by atoms with Gasteiger partial charge in [-0.05, 0) is 67.1 Å². The number of piperidine rings is 1. The first-order chi connectivity index (χ1) is 16.9. The van der Waals surface area contributed by atoms with Gasteiger partial charge in [-0.1, -0.05) is 74.5 Å². The molecule has 0 amide bonds. The standard InChI is InChI=1S/C16H16O2.C15H20N2/c1-18-15-10-7-13(8-11-15)9-12-16(17)14-5-3-2-4-6-14;1-15(2)7-9-17(10-8-15)12-14-6-4-3-5-13(14)11-16/h2-8,10-11H,9,12H2,1H3;3-6H,7-10,12H2,1-2H3. The Morgan fingerprint density at radius 2 is 1.57 bits per heavy atom. The lowest BCUT2D eigenvalue weighted by Crippen LogP contribution is -2.36. The molecule has 4 heteroatoms. The number of hydrogen-bond donors (Lipinski definition) is 0. The Hall–Kier alpha value is -3.42. The molecule has 3 aromatic rings. The van der Waals surface area contributed by atoms with E-state index < -0.39 is 0 Å².